The van der Waals surface area contributed by atoms with Gasteiger partial charge in [0.25, 0.3) is 11.6 Å². The van der Waals surface area contributed by atoms with Gasteiger partial charge in [-0.3, -0.25) is 4.79 Å². The van der Waals surface area contributed by atoms with Gasteiger partial charge in [0.2, 0.25) is 11.5 Å². The van der Waals surface area contributed by atoms with E-state index < -0.39 is 0 Å². The number of fused-ring (bicyclic) bond motifs is 2. The number of hydrogen-bond acceptors (Lipinski definition) is 4. The lowest BCUT2D eigenvalue weighted by Gasteiger charge is -2.07. The Kier molecular flexibility index (Phi) is 3.69. The number of rotatable bonds is 3. The molecule has 7 heteroatoms. The Bertz CT molecular complexity index is 978. The third kappa shape index (κ3) is 2.50. The lowest BCUT2D eigenvalue weighted by atomic mass is 10.2. The molecule has 3 N–H and O–H groups in total. The van der Waals surface area contributed by atoms with E-state index in [1.807, 2.05) is 26.0 Å². The van der Waals surface area contributed by atoms with E-state index in [1.54, 1.807) is 19.3 Å². The number of aromatic nitrogens is 3. The molecule has 0 aliphatic heterocycles. The summed E-state index contributed by atoms with van der Waals surface area (Å²) in [6.45, 7) is 4.45. The molecule has 3 heterocycles. The Morgan fingerprint density at radius 2 is 2.17 bits per heavy atom. The van der Waals surface area contributed by atoms with Gasteiger partial charge in [-0.15, -0.1) is 0 Å². The summed E-state index contributed by atoms with van der Waals surface area (Å²) in [5.74, 6) is 0.163. The molecule has 0 aromatic carbocycles. The summed E-state index contributed by atoms with van der Waals surface area (Å²) in [4.78, 5) is 32.4. The number of aromatic amines is 1. The van der Waals surface area contributed by atoms with E-state index in [9.17, 15) is 9.59 Å². The van der Waals surface area contributed by atoms with Crippen LogP contribution in [0.1, 0.15) is 22.8 Å². The van der Waals surface area contributed by atoms with Crippen molar-refractivity contribution < 1.29 is 9.78 Å². The summed E-state index contributed by atoms with van der Waals surface area (Å²) in [7, 11) is 1.55. The van der Waals surface area contributed by atoms with E-state index in [0.717, 1.165) is 5.56 Å². The summed E-state index contributed by atoms with van der Waals surface area (Å²) in [5, 5.41) is 6.00. The maximum atomic E-state index is 12.7. The molecule has 23 heavy (non-hydrogen) atoms. The molecule has 0 unspecified atom stereocenters. The Labute approximate surface area is 132 Å². The van der Waals surface area contributed by atoms with E-state index in [-0.39, 0.29) is 11.5 Å². The first-order valence-corrected chi connectivity index (χ1v) is 7.40. The third-order valence-corrected chi connectivity index (χ3v) is 3.63. The zero-order valence-corrected chi connectivity index (χ0v) is 13.2. The number of carbonyl (C=O) groups is 1. The second-order valence-electron chi connectivity index (χ2n) is 5.28. The van der Waals surface area contributed by atoms with Crippen molar-refractivity contribution in [3.05, 3.63) is 45.9 Å². The normalized spacial score (nSPS) is 10.9. The Hall–Kier alpha value is -2.96. The molecule has 0 bridgehead atoms. The lowest BCUT2D eigenvalue weighted by Crippen LogP contribution is -2.26. The van der Waals surface area contributed by atoms with E-state index >= 15 is 0 Å². The molecule has 1 amide bonds. The molecule has 3 aromatic heterocycles. The van der Waals surface area contributed by atoms with Crippen LogP contribution in [0.5, 0.6) is 0 Å². The van der Waals surface area contributed by atoms with Gasteiger partial charge in [-0.25, -0.2) is 9.78 Å². The van der Waals surface area contributed by atoms with Gasteiger partial charge < -0.3 is 10.6 Å². The van der Waals surface area contributed by atoms with Gasteiger partial charge in [-0.05, 0) is 31.5 Å². The summed E-state index contributed by atoms with van der Waals surface area (Å²) < 4.78 is 1.53. The van der Waals surface area contributed by atoms with E-state index in [1.165, 1.54) is 4.40 Å². The van der Waals surface area contributed by atoms with Crippen LogP contribution in [0.4, 0.5) is 5.82 Å². The molecule has 7 nitrogen and oxygen atoms in total. The summed E-state index contributed by atoms with van der Waals surface area (Å²) in [6, 6.07) is 5.32. The molecular formula is C16H18N5O2+. The van der Waals surface area contributed by atoms with Crippen LogP contribution < -0.4 is 21.2 Å². The number of nitrogens with one attached hydrogen (secondary N) is 3. The van der Waals surface area contributed by atoms with Crippen LogP contribution in [-0.4, -0.2) is 28.9 Å². The number of carbonyl (C=O) groups excluding carboxylic acids is 1. The number of amides is 1. The van der Waals surface area contributed by atoms with Crippen LogP contribution in [0, 0.1) is 6.92 Å². The van der Waals surface area contributed by atoms with Crippen molar-refractivity contribution in [2.24, 2.45) is 0 Å². The summed E-state index contributed by atoms with van der Waals surface area (Å²) in [5.41, 5.74) is 2.20. The predicted octanol–water partition coefficient (Wildman–Crippen LogP) is 0.762. The first-order chi connectivity index (χ1) is 11.0. The van der Waals surface area contributed by atoms with Crippen LogP contribution in [-0.2, 0) is 0 Å². The quantitative estimate of drug-likeness (QED) is 0.699. The smallest absolute Gasteiger partial charge is 0.325 e. The van der Waals surface area contributed by atoms with Crippen molar-refractivity contribution >= 4 is 28.4 Å². The van der Waals surface area contributed by atoms with Crippen molar-refractivity contribution in [1.29, 1.82) is 0 Å². The maximum absolute atomic E-state index is 12.7. The highest BCUT2D eigenvalue weighted by Crippen LogP contribution is 2.16. The Morgan fingerprint density at radius 1 is 1.39 bits per heavy atom. The molecule has 0 aliphatic rings. The number of hydrogen-bond donors (Lipinski definition) is 2. The van der Waals surface area contributed by atoms with Crippen LogP contribution in [0.2, 0.25) is 0 Å². The zero-order valence-electron chi connectivity index (χ0n) is 13.2. The molecule has 0 saturated carbocycles. The van der Waals surface area contributed by atoms with Crippen LogP contribution in [0.3, 0.4) is 0 Å². The second kappa shape index (κ2) is 5.68. The lowest BCUT2D eigenvalue weighted by molar-refractivity contribution is -0.319. The van der Waals surface area contributed by atoms with Gasteiger partial charge in [0.05, 0.1) is 6.20 Å². The van der Waals surface area contributed by atoms with Crippen molar-refractivity contribution in [2.45, 2.75) is 13.8 Å². The molecule has 0 radical (unpaired) electrons. The van der Waals surface area contributed by atoms with E-state index in [0.29, 0.717) is 34.6 Å². The number of pyridine rings is 2. The molecule has 0 fully saturated rings. The highest BCUT2D eigenvalue weighted by atomic mass is 16.1. The van der Waals surface area contributed by atoms with Gasteiger partial charge in [0.15, 0.2) is 0 Å². The molecule has 3 rings (SSSR count). The third-order valence-electron chi connectivity index (χ3n) is 3.63. The number of nitrogens with zero attached hydrogens (tertiary/aromatic N) is 2. The van der Waals surface area contributed by atoms with Crippen LogP contribution in [0.15, 0.2) is 29.2 Å². The molecule has 0 atom stereocenters. The fraction of sp³-hybridized carbons (Fsp3) is 0.250. The maximum Gasteiger partial charge on any atom is 0.325 e. The topological polar surface area (TPSA) is 89.6 Å². The fourth-order valence-electron chi connectivity index (χ4n) is 2.51. The Morgan fingerprint density at radius 3 is 2.87 bits per heavy atom. The van der Waals surface area contributed by atoms with Crippen LogP contribution >= 0.6 is 0 Å². The van der Waals surface area contributed by atoms with Gasteiger partial charge in [0, 0.05) is 19.7 Å². The first kappa shape index (κ1) is 15.0. The number of H-pyrrole nitrogens is 1. The standard InChI is InChI=1S/C16H17N5O2/c1-4-18-13-10(15(22)17-3)7-11-14(20-13)19-12-6-5-9(2)8-21(12)16(11)23/h5-8H,4H2,1-3H3,(H,17,22)(H,18,20)/p+1. The van der Waals surface area contributed by atoms with Gasteiger partial charge in [-0.1, -0.05) is 4.98 Å². The van der Waals surface area contributed by atoms with Gasteiger partial charge in [0.1, 0.15) is 10.9 Å². The first-order valence-electron chi connectivity index (χ1n) is 7.40. The van der Waals surface area contributed by atoms with Crippen molar-refractivity contribution in [3.8, 4) is 0 Å². The Balaban J connectivity index is 2.39. The molecule has 0 spiro atoms. The number of anilines is 1. The highest BCUT2D eigenvalue weighted by Gasteiger charge is 2.20. The predicted molar refractivity (Wildman–Crippen MR) is 87.8 cm³/mol. The van der Waals surface area contributed by atoms with Crippen molar-refractivity contribution in [3.63, 3.8) is 0 Å². The highest BCUT2D eigenvalue weighted by molar-refractivity contribution is 6.01. The minimum atomic E-state index is -0.288. The van der Waals surface area contributed by atoms with Gasteiger partial charge >= 0.3 is 5.56 Å². The largest absolute Gasteiger partial charge is 0.356 e. The van der Waals surface area contributed by atoms with Crippen molar-refractivity contribution in [2.75, 3.05) is 18.9 Å². The molecular weight excluding hydrogens is 294 g/mol. The van der Waals surface area contributed by atoms with Crippen molar-refractivity contribution in [1.82, 2.24) is 14.7 Å². The minimum absolute atomic E-state index is 0.210. The monoisotopic (exact) mass is 312 g/mol. The minimum Gasteiger partial charge on any atom is -0.356 e. The van der Waals surface area contributed by atoms with Gasteiger partial charge in [-0.2, -0.15) is 4.40 Å². The summed E-state index contributed by atoms with van der Waals surface area (Å²) >= 11 is 0. The fourth-order valence-corrected chi connectivity index (χ4v) is 2.51. The molecule has 3 aromatic rings. The van der Waals surface area contributed by atoms with Crippen LogP contribution in [0.25, 0.3) is 16.7 Å². The number of aryl methyl sites for hydroxylation is 1. The average molecular weight is 312 g/mol. The van der Waals surface area contributed by atoms with E-state index in [4.69, 9.17) is 0 Å². The van der Waals surface area contributed by atoms with E-state index in [2.05, 4.69) is 20.6 Å². The molecule has 118 valence electrons. The molecule has 0 aliphatic carbocycles. The second-order valence-corrected chi connectivity index (χ2v) is 5.28. The summed E-state index contributed by atoms with van der Waals surface area (Å²) in [6.07, 6.45) is 1.76. The zero-order chi connectivity index (χ0) is 16.6. The average Bonchev–Trinajstić information content (AvgIpc) is 2.55. The SMILES string of the molecule is CCNc1nc2[nH+]c3ccc(C)cn3c(=O)c2cc1C(=O)NC. The molecule has 0 saturated heterocycles.